The third kappa shape index (κ3) is 6.03. The van der Waals surface area contributed by atoms with Crippen LogP contribution in [0.25, 0.3) is 0 Å². The van der Waals surface area contributed by atoms with Crippen LogP contribution in [0, 0.1) is 0 Å². The highest BCUT2D eigenvalue weighted by molar-refractivity contribution is 7.88. The van der Waals surface area contributed by atoms with E-state index in [0.29, 0.717) is 6.54 Å². The minimum atomic E-state index is -3.06. The smallest absolute Gasteiger partial charge is 0.208 e. The Kier molecular flexibility index (Phi) is 4.51. The van der Waals surface area contributed by atoms with Crippen LogP contribution in [0.5, 0.6) is 0 Å². The second-order valence-corrected chi connectivity index (χ2v) is 5.02. The van der Waals surface area contributed by atoms with Gasteiger partial charge in [0.15, 0.2) is 0 Å². The van der Waals surface area contributed by atoms with E-state index < -0.39 is 10.0 Å². The Labute approximate surface area is 90.0 Å². The van der Waals surface area contributed by atoms with Crippen molar-refractivity contribution in [3.63, 3.8) is 0 Å². The lowest BCUT2D eigenvalue weighted by atomic mass is 10.3. The summed E-state index contributed by atoms with van der Waals surface area (Å²) in [6.07, 6.45) is 5.31. The number of sulfonamides is 1. The predicted molar refractivity (Wildman–Crippen MR) is 60.2 cm³/mol. The second kappa shape index (κ2) is 5.67. The minimum Gasteiger partial charge on any atom is -0.385 e. The lowest BCUT2D eigenvalue weighted by Gasteiger charge is -2.05. The third-order valence-corrected chi connectivity index (χ3v) is 2.46. The lowest BCUT2D eigenvalue weighted by Crippen LogP contribution is -2.24. The zero-order valence-corrected chi connectivity index (χ0v) is 9.42. The topological polar surface area (TPSA) is 71.1 Å². The summed E-state index contributed by atoms with van der Waals surface area (Å²) in [6, 6.07) is 3.73. The normalized spacial score (nSPS) is 11.3. The Hall–Kier alpha value is -1.14. The molecule has 1 aromatic heterocycles. The van der Waals surface area contributed by atoms with Gasteiger partial charge in [-0.25, -0.2) is 13.1 Å². The first-order valence-electron chi connectivity index (χ1n) is 4.66. The first-order valence-corrected chi connectivity index (χ1v) is 6.55. The molecule has 5 nitrogen and oxygen atoms in total. The largest absolute Gasteiger partial charge is 0.385 e. The molecule has 6 heteroatoms. The molecule has 0 radical (unpaired) electrons. The maximum Gasteiger partial charge on any atom is 0.208 e. The number of nitrogens with zero attached hydrogens (tertiary/aromatic N) is 1. The number of hydrogen-bond donors (Lipinski definition) is 2. The molecule has 0 amide bonds. The summed E-state index contributed by atoms with van der Waals surface area (Å²) >= 11 is 0. The van der Waals surface area contributed by atoms with E-state index in [1.54, 1.807) is 12.4 Å². The number of hydrogen-bond acceptors (Lipinski definition) is 4. The van der Waals surface area contributed by atoms with Gasteiger partial charge in [0.05, 0.1) is 6.26 Å². The maximum atomic E-state index is 10.7. The average molecular weight is 229 g/mol. The standard InChI is InChI=1S/C9H15N3O2S/c1-15(13,14)12-6-2-5-11-9-3-7-10-8-4-9/h3-4,7-8,12H,2,5-6H2,1H3,(H,10,11). The molecule has 0 atom stereocenters. The average Bonchev–Trinajstić information content (AvgIpc) is 2.17. The van der Waals surface area contributed by atoms with Crippen LogP contribution in [-0.4, -0.2) is 32.7 Å². The molecule has 84 valence electrons. The highest BCUT2D eigenvalue weighted by Gasteiger charge is 1.98. The molecule has 0 fully saturated rings. The summed E-state index contributed by atoms with van der Waals surface area (Å²) in [5.74, 6) is 0. The van der Waals surface area contributed by atoms with Crippen LogP contribution < -0.4 is 10.0 Å². The number of nitrogens with one attached hydrogen (secondary N) is 2. The molecule has 0 unspecified atom stereocenters. The van der Waals surface area contributed by atoms with Gasteiger partial charge in [0.1, 0.15) is 0 Å². The lowest BCUT2D eigenvalue weighted by molar-refractivity contribution is 0.586. The van der Waals surface area contributed by atoms with Gasteiger partial charge in [0, 0.05) is 31.2 Å². The van der Waals surface area contributed by atoms with Gasteiger partial charge >= 0.3 is 0 Å². The zero-order valence-electron chi connectivity index (χ0n) is 8.60. The quantitative estimate of drug-likeness (QED) is 0.694. The molecule has 15 heavy (non-hydrogen) atoms. The van der Waals surface area contributed by atoms with Crippen LogP contribution in [-0.2, 0) is 10.0 Å². The van der Waals surface area contributed by atoms with Crippen molar-refractivity contribution in [1.29, 1.82) is 0 Å². The number of anilines is 1. The Bertz CT molecular complexity index is 378. The SMILES string of the molecule is CS(=O)(=O)NCCCNc1ccncc1. The molecular weight excluding hydrogens is 214 g/mol. The number of rotatable bonds is 6. The van der Waals surface area contributed by atoms with Gasteiger partial charge in [-0.1, -0.05) is 0 Å². The van der Waals surface area contributed by atoms with Crippen molar-refractivity contribution >= 4 is 15.7 Å². The molecule has 1 heterocycles. The van der Waals surface area contributed by atoms with Crippen LogP contribution in [0.1, 0.15) is 6.42 Å². The fraction of sp³-hybridized carbons (Fsp3) is 0.444. The van der Waals surface area contributed by atoms with E-state index in [9.17, 15) is 8.42 Å². The van der Waals surface area contributed by atoms with E-state index in [0.717, 1.165) is 24.9 Å². The molecule has 0 saturated carbocycles. The van der Waals surface area contributed by atoms with Crippen molar-refractivity contribution in [2.45, 2.75) is 6.42 Å². The molecular formula is C9H15N3O2S. The highest BCUT2D eigenvalue weighted by Crippen LogP contribution is 2.02. The van der Waals surface area contributed by atoms with Gasteiger partial charge in [-0.15, -0.1) is 0 Å². The van der Waals surface area contributed by atoms with Gasteiger partial charge in [-0.2, -0.15) is 0 Å². The Morgan fingerprint density at radius 3 is 2.53 bits per heavy atom. The molecule has 0 aromatic carbocycles. The van der Waals surface area contributed by atoms with E-state index in [1.165, 1.54) is 0 Å². The Morgan fingerprint density at radius 2 is 1.93 bits per heavy atom. The van der Waals surface area contributed by atoms with E-state index in [-0.39, 0.29) is 0 Å². The zero-order chi connectivity index (χ0) is 11.1. The molecule has 0 aliphatic rings. The van der Waals surface area contributed by atoms with Crippen molar-refractivity contribution in [3.05, 3.63) is 24.5 Å². The molecule has 0 bridgehead atoms. The van der Waals surface area contributed by atoms with Crippen molar-refractivity contribution in [2.75, 3.05) is 24.7 Å². The summed E-state index contributed by atoms with van der Waals surface area (Å²) in [7, 11) is -3.06. The van der Waals surface area contributed by atoms with Gasteiger partial charge in [-0.3, -0.25) is 4.98 Å². The Morgan fingerprint density at radius 1 is 1.27 bits per heavy atom. The third-order valence-electron chi connectivity index (χ3n) is 1.73. The Balaban J connectivity index is 2.13. The molecule has 1 aromatic rings. The summed E-state index contributed by atoms with van der Waals surface area (Å²) in [5.41, 5.74) is 0.990. The summed E-state index contributed by atoms with van der Waals surface area (Å²) in [6.45, 7) is 1.18. The summed E-state index contributed by atoms with van der Waals surface area (Å²) in [5, 5.41) is 3.16. The second-order valence-electron chi connectivity index (χ2n) is 3.18. The van der Waals surface area contributed by atoms with E-state index >= 15 is 0 Å². The van der Waals surface area contributed by atoms with E-state index in [2.05, 4.69) is 15.0 Å². The van der Waals surface area contributed by atoms with Crippen molar-refractivity contribution in [1.82, 2.24) is 9.71 Å². The van der Waals surface area contributed by atoms with E-state index in [4.69, 9.17) is 0 Å². The molecule has 0 spiro atoms. The van der Waals surface area contributed by atoms with Gasteiger partial charge in [-0.05, 0) is 18.6 Å². The van der Waals surface area contributed by atoms with Crippen LogP contribution in [0.4, 0.5) is 5.69 Å². The van der Waals surface area contributed by atoms with Gasteiger partial charge < -0.3 is 5.32 Å². The number of pyridine rings is 1. The van der Waals surface area contributed by atoms with Crippen LogP contribution in [0.15, 0.2) is 24.5 Å². The fourth-order valence-corrected chi connectivity index (χ4v) is 1.56. The van der Waals surface area contributed by atoms with Crippen molar-refractivity contribution in [2.24, 2.45) is 0 Å². The van der Waals surface area contributed by atoms with Crippen molar-refractivity contribution in [3.8, 4) is 0 Å². The predicted octanol–water partition coefficient (Wildman–Crippen LogP) is 0.433. The first-order chi connectivity index (χ1) is 7.08. The summed E-state index contributed by atoms with van der Waals surface area (Å²) in [4.78, 5) is 3.89. The molecule has 1 rings (SSSR count). The first kappa shape index (κ1) is 11.9. The maximum absolute atomic E-state index is 10.7. The summed E-state index contributed by atoms with van der Waals surface area (Å²) < 4.78 is 23.9. The van der Waals surface area contributed by atoms with Crippen LogP contribution in [0.3, 0.4) is 0 Å². The van der Waals surface area contributed by atoms with Gasteiger partial charge in [0.2, 0.25) is 10.0 Å². The fourth-order valence-electron chi connectivity index (χ4n) is 1.05. The monoisotopic (exact) mass is 229 g/mol. The molecule has 0 saturated heterocycles. The molecule has 0 aliphatic carbocycles. The van der Waals surface area contributed by atoms with Gasteiger partial charge in [0.25, 0.3) is 0 Å². The van der Waals surface area contributed by atoms with E-state index in [1.807, 2.05) is 12.1 Å². The van der Waals surface area contributed by atoms with Crippen molar-refractivity contribution < 1.29 is 8.42 Å². The molecule has 0 aliphatic heterocycles. The number of aromatic nitrogens is 1. The van der Waals surface area contributed by atoms with Crippen LogP contribution >= 0.6 is 0 Å². The minimum absolute atomic E-state index is 0.455. The molecule has 2 N–H and O–H groups in total. The highest BCUT2D eigenvalue weighted by atomic mass is 32.2. The van der Waals surface area contributed by atoms with Crippen LogP contribution in [0.2, 0.25) is 0 Å².